The standard InChI is InChI=1S/C7H15NO6P2S/c9-15(10,11)4-7(16(12,13)14)6-2-1-5(17)3-8-6/h5,7,12-14H,1-4H2,(H2-,9,10,11,17)/p+1. The van der Waals surface area contributed by atoms with Crippen LogP contribution in [0.15, 0.2) is 4.99 Å². The first-order valence-corrected chi connectivity index (χ1v) is 8.95. The second-order valence-electron chi connectivity index (χ2n) is 4.00. The van der Waals surface area contributed by atoms with Crippen molar-refractivity contribution < 1.29 is 29.0 Å². The van der Waals surface area contributed by atoms with Gasteiger partial charge in [-0.05, 0) is 12.8 Å². The highest BCUT2D eigenvalue weighted by Crippen LogP contribution is 2.56. The molecule has 2 unspecified atom stereocenters. The smallest absolute Gasteiger partial charge is 0.324 e. The van der Waals surface area contributed by atoms with E-state index in [0.717, 1.165) is 0 Å². The largest absolute Gasteiger partial charge is 0.413 e. The summed E-state index contributed by atoms with van der Waals surface area (Å²) in [7, 11) is -8.81. The molecule has 0 radical (unpaired) electrons. The molecule has 10 heteroatoms. The summed E-state index contributed by atoms with van der Waals surface area (Å²) in [5.41, 5.74) is -1.12. The number of hydrogen-bond acceptors (Lipinski definition) is 6. The lowest BCUT2D eigenvalue weighted by molar-refractivity contribution is 0.320. The summed E-state index contributed by atoms with van der Waals surface area (Å²) in [6.07, 6.45) is 0.169. The third kappa shape index (κ3) is 5.32. The zero-order valence-corrected chi connectivity index (χ0v) is 11.6. The highest BCUT2D eigenvalue weighted by atomic mass is 32.1. The van der Waals surface area contributed by atoms with Gasteiger partial charge in [-0.2, -0.15) is 27.3 Å². The lowest BCUT2D eigenvalue weighted by atomic mass is 10.1. The monoisotopic (exact) mass is 304 g/mol. The Morgan fingerprint density at radius 2 is 2.06 bits per heavy atom. The molecule has 0 saturated heterocycles. The normalized spacial score (nSPS) is 24.4. The van der Waals surface area contributed by atoms with Crippen LogP contribution in [0.2, 0.25) is 0 Å². The molecule has 5 N–H and O–H groups in total. The molecule has 0 aromatic carbocycles. The van der Waals surface area contributed by atoms with Crippen molar-refractivity contribution in [3.05, 3.63) is 0 Å². The first-order chi connectivity index (χ1) is 7.59. The molecule has 1 rings (SSSR count). The average molecular weight is 304 g/mol. The number of aliphatic imine (C=N–C) groups is 1. The minimum absolute atomic E-state index is 0.0540. The Bertz CT molecular complexity index is 351. The van der Waals surface area contributed by atoms with Gasteiger partial charge in [-0.15, -0.1) is 0 Å². The third-order valence-corrected chi connectivity index (χ3v) is 5.32. The van der Waals surface area contributed by atoms with Gasteiger partial charge in [0.05, 0.1) is 18.4 Å². The molecule has 7 nitrogen and oxygen atoms in total. The molecule has 0 spiro atoms. The maximum Gasteiger partial charge on any atom is 0.413 e. The topological polar surface area (TPSA) is 131 Å². The van der Waals surface area contributed by atoms with E-state index in [1.807, 2.05) is 0 Å². The van der Waals surface area contributed by atoms with Gasteiger partial charge in [-0.3, -0.25) is 9.56 Å². The maximum atomic E-state index is 10.9. The van der Waals surface area contributed by atoms with E-state index in [9.17, 15) is 19.2 Å². The Balaban J connectivity index is 2.88. The fourth-order valence-corrected chi connectivity index (χ4v) is 4.62. The SMILES string of the molecule is O=P(O)(O)CC(C1=NCC(S)CC1)[P+](O)(O)O. The number of thiol groups is 1. The molecular formula is C7H16NO6P2S+. The van der Waals surface area contributed by atoms with Gasteiger partial charge >= 0.3 is 15.5 Å². The summed E-state index contributed by atoms with van der Waals surface area (Å²) in [4.78, 5) is 49.4. The van der Waals surface area contributed by atoms with Crippen LogP contribution in [0.3, 0.4) is 0 Å². The molecule has 0 aromatic heterocycles. The summed E-state index contributed by atoms with van der Waals surface area (Å²) < 4.78 is 10.9. The number of nitrogens with zero attached hydrogens (tertiary/aromatic N) is 1. The molecule has 0 amide bonds. The van der Waals surface area contributed by atoms with Gasteiger partial charge in [0, 0.05) is 5.25 Å². The van der Waals surface area contributed by atoms with E-state index in [1.165, 1.54) is 0 Å². The van der Waals surface area contributed by atoms with E-state index in [-0.39, 0.29) is 11.0 Å². The van der Waals surface area contributed by atoms with Crippen LogP contribution in [0.5, 0.6) is 0 Å². The molecule has 2 atom stereocenters. The summed E-state index contributed by atoms with van der Waals surface area (Å²) >= 11 is 4.19. The first kappa shape index (κ1) is 15.5. The second-order valence-corrected chi connectivity index (χ2v) is 8.28. The fraction of sp³-hybridized carbons (Fsp3) is 0.857. The van der Waals surface area contributed by atoms with Crippen molar-refractivity contribution in [3.63, 3.8) is 0 Å². The van der Waals surface area contributed by atoms with Crippen molar-refractivity contribution in [1.29, 1.82) is 0 Å². The molecule has 100 valence electrons. The van der Waals surface area contributed by atoms with Gasteiger partial charge in [0.1, 0.15) is 0 Å². The Morgan fingerprint density at radius 3 is 2.41 bits per heavy atom. The Morgan fingerprint density at radius 1 is 1.47 bits per heavy atom. The predicted molar refractivity (Wildman–Crippen MR) is 68.6 cm³/mol. The van der Waals surface area contributed by atoms with E-state index in [2.05, 4.69) is 17.6 Å². The Hall–Kier alpha value is 0.480. The molecule has 0 aliphatic carbocycles. The van der Waals surface area contributed by atoms with Crippen LogP contribution in [0.25, 0.3) is 0 Å². The fourth-order valence-electron chi connectivity index (χ4n) is 1.62. The van der Waals surface area contributed by atoms with Gasteiger partial charge in [-0.25, -0.2) is 0 Å². The Labute approximate surface area is 105 Å². The molecule has 0 aromatic rings. The maximum absolute atomic E-state index is 10.9. The molecule has 1 aliphatic rings. The minimum Gasteiger partial charge on any atom is -0.324 e. The first-order valence-electron chi connectivity index (χ1n) is 4.92. The van der Waals surface area contributed by atoms with Crippen molar-refractivity contribution in [2.75, 3.05) is 12.7 Å². The van der Waals surface area contributed by atoms with Crippen molar-refractivity contribution in [2.24, 2.45) is 4.99 Å². The second kappa shape index (κ2) is 5.63. The van der Waals surface area contributed by atoms with Crippen LogP contribution in [0.1, 0.15) is 12.8 Å². The van der Waals surface area contributed by atoms with Crippen molar-refractivity contribution in [3.8, 4) is 0 Å². The van der Waals surface area contributed by atoms with Crippen LogP contribution in [-0.2, 0) is 4.57 Å². The van der Waals surface area contributed by atoms with E-state index in [1.54, 1.807) is 0 Å². The van der Waals surface area contributed by atoms with Gasteiger partial charge in [0.15, 0.2) is 5.66 Å². The average Bonchev–Trinajstić information content (AvgIpc) is 2.13. The van der Waals surface area contributed by atoms with E-state index < -0.39 is 27.4 Å². The van der Waals surface area contributed by atoms with Gasteiger partial charge in [0.2, 0.25) is 0 Å². The van der Waals surface area contributed by atoms with Crippen LogP contribution in [0.4, 0.5) is 0 Å². The van der Waals surface area contributed by atoms with E-state index >= 15 is 0 Å². The number of hydrogen-bond donors (Lipinski definition) is 6. The highest BCUT2D eigenvalue weighted by molar-refractivity contribution is 7.81. The zero-order valence-electron chi connectivity index (χ0n) is 8.92. The van der Waals surface area contributed by atoms with Crippen molar-refractivity contribution in [2.45, 2.75) is 23.8 Å². The molecule has 1 aliphatic heterocycles. The summed E-state index contributed by atoms with van der Waals surface area (Å²) in [5.74, 6) is 0. The summed E-state index contributed by atoms with van der Waals surface area (Å²) in [5, 5.41) is 0.0540. The van der Waals surface area contributed by atoms with Crippen LogP contribution in [0, 0.1) is 0 Å². The lowest BCUT2D eigenvalue weighted by Gasteiger charge is -2.23. The molecule has 1 heterocycles. The van der Waals surface area contributed by atoms with Gasteiger partial charge < -0.3 is 9.79 Å². The van der Waals surface area contributed by atoms with Gasteiger partial charge in [0.25, 0.3) is 0 Å². The molecule has 0 fully saturated rings. The third-order valence-electron chi connectivity index (χ3n) is 2.45. The van der Waals surface area contributed by atoms with Crippen molar-refractivity contribution in [1.82, 2.24) is 0 Å². The highest BCUT2D eigenvalue weighted by Gasteiger charge is 2.49. The Kier molecular flexibility index (Phi) is 5.15. The van der Waals surface area contributed by atoms with Crippen LogP contribution in [-0.4, -0.2) is 53.8 Å². The molecular weight excluding hydrogens is 288 g/mol. The molecule has 0 bridgehead atoms. The summed E-state index contributed by atoms with van der Waals surface area (Å²) in [6, 6.07) is 0. The minimum atomic E-state index is -4.45. The molecule has 17 heavy (non-hydrogen) atoms. The van der Waals surface area contributed by atoms with E-state index in [4.69, 9.17) is 9.79 Å². The molecule has 0 saturated carbocycles. The van der Waals surface area contributed by atoms with E-state index in [0.29, 0.717) is 19.4 Å². The van der Waals surface area contributed by atoms with Crippen LogP contribution >= 0.6 is 28.2 Å². The van der Waals surface area contributed by atoms with Gasteiger partial charge in [-0.1, -0.05) is 0 Å². The van der Waals surface area contributed by atoms with Crippen molar-refractivity contribution >= 4 is 33.9 Å². The predicted octanol–water partition coefficient (Wildman–Crippen LogP) is -0.195. The summed E-state index contributed by atoms with van der Waals surface area (Å²) in [6.45, 7) is 0.343. The number of rotatable bonds is 4. The zero-order chi connectivity index (χ0) is 13.3. The van der Waals surface area contributed by atoms with Crippen LogP contribution < -0.4 is 0 Å². The lowest BCUT2D eigenvalue weighted by Crippen LogP contribution is -2.31. The quantitative estimate of drug-likeness (QED) is 0.315.